The fourth-order valence-electron chi connectivity index (χ4n) is 4.56. The number of rotatable bonds is 8. The molecular formula is C22H42N6O2. The van der Waals surface area contributed by atoms with Crippen LogP contribution < -0.4 is 5.32 Å². The van der Waals surface area contributed by atoms with Crippen molar-refractivity contribution in [3.63, 3.8) is 0 Å². The molecule has 3 fully saturated rings. The summed E-state index contributed by atoms with van der Waals surface area (Å²) in [5, 5.41) is 3.46. The highest BCUT2D eigenvalue weighted by Crippen LogP contribution is 2.14. The lowest BCUT2D eigenvalue weighted by Crippen LogP contribution is -2.57. The van der Waals surface area contributed by atoms with Crippen molar-refractivity contribution in [3.8, 4) is 0 Å². The summed E-state index contributed by atoms with van der Waals surface area (Å²) in [6.45, 7) is 16.5. The number of aliphatic imine (C=N–C) groups is 1. The number of nitrogens with zero attached hydrogens (tertiary/aromatic N) is 5. The maximum atomic E-state index is 12.7. The molecule has 3 aliphatic rings. The lowest BCUT2D eigenvalue weighted by Gasteiger charge is -2.39. The third kappa shape index (κ3) is 6.82. The Hall–Kier alpha value is -1.38. The van der Waals surface area contributed by atoms with Gasteiger partial charge < -0.3 is 19.9 Å². The first-order chi connectivity index (χ1) is 14.7. The molecule has 0 radical (unpaired) electrons. The van der Waals surface area contributed by atoms with Crippen LogP contribution in [0.3, 0.4) is 0 Å². The zero-order chi connectivity index (χ0) is 21.2. The summed E-state index contributed by atoms with van der Waals surface area (Å²) < 4.78 is 5.41. The van der Waals surface area contributed by atoms with E-state index in [0.717, 1.165) is 110 Å². The lowest BCUT2D eigenvalue weighted by atomic mass is 10.2. The molecule has 172 valence electrons. The third-order valence-electron chi connectivity index (χ3n) is 6.52. The molecule has 1 unspecified atom stereocenters. The van der Waals surface area contributed by atoms with Crippen LogP contribution in [0.2, 0.25) is 0 Å². The number of carbonyl (C=O) groups is 1. The van der Waals surface area contributed by atoms with Crippen LogP contribution in [0.5, 0.6) is 0 Å². The molecule has 3 saturated heterocycles. The van der Waals surface area contributed by atoms with Gasteiger partial charge in [-0.15, -0.1) is 0 Å². The number of hydrogen-bond donors (Lipinski definition) is 1. The number of ether oxygens (including phenoxy) is 1. The van der Waals surface area contributed by atoms with Crippen LogP contribution in [-0.2, 0) is 9.53 Å². The van der Waals surface area contributed by atoms with E-state index in [1.54, 1.807) is 0 Å². The number of unbranched alkanes of at least 4 members (excludes halogenated alkanes) is 1. The Bertz CT molecular complexity index is 538. The summed E-state index contributed by atoms with van der Waals surface area (Å²) in [6.07, 6.45) is 4.61. The van der Waals surface area contributed by atoms with Gasteiger partial charge in [-0.1, -0.05) is 0 Å². The summed E-state index contributed by atoms with van der Waals surface area (Å²) in [7, 11) is 0. The monoisotopic (exact) mass is 422 g/mol. The van der Waals surface area contributed by atoms with Crippen molar-refractivity contribution in [2.75, 3.05) is 85.2 Å². The molecule has 1 N–H and O–H groups in total. The average molecular weight is 423 g/mol. The van der Waals surface area contributed by atoms with Crippen LogP contribution in [0.15, 0.2) is 4.99 Å². The fourth-order valence-corrected chi connectivity index (χ4v) is 4.56. The standard InChI is InChI=1S/C22H42N6O2/c1-3-23-22(24-8-4-5-9-25-16-18-30-19-17-25)28-14-12-26(13-15-28)20(2)21(29)27-10-6-7-11-27/h20H,3-19H2,1-2H3,(H,23,24). The second-order valence-electron chi connectivity index (χ2n) is 8.63. The number of guanidine groups is 1. The van der Waals surface area contributed by atoms with Crippen LogP contribution in [0.1, 0.15) is 39.5 Å². The van der Waals surface area contributed by atoms with Gasteiger partial charge in [0.2, 0.25) is 5.91 Å². The Morgan fingerprint density at radius 2 is 1.67 bits per heavy atom. The molecule has 8 nitrogen and oxygen atoms in total. The number of nitrogens with one attached hydrogen (secondary N) is 1. The quantitative estimate of drug-likeness (QED) is 0.353. The molecule has 8 heteroatoms. The molecule has 0 aromatic heterocycles. The summed E-state index contributed by atoms with van der Waals surface area (Å²) in [6, 6.07) is -0.00930. The molecule has 0 aliphatic carbocycles. The molecule has 3 heterocycles. The van der Waals surface area contributed by atoms with E-state index in [0.29, 0.717) is 5.91 Å². The maximum absolute atomic E-state index is 12.7. The number of piperazine rings is 1. The molecule has 0 spiro atoms. The van der Waals surface area contributed by atoms with Crippen molar-refractivity contribution in [3.05, 3.63) is 0 Å². The van der Waals surface area contributed by atoms with E-state index in [1.807, 2.05) is 4.90 Å². The SMILES string of the molecule is CCNC(=NCCCCN1CCOCC1)N1CCN(C(C)C(=O)N2CCCC2)CC1. The van der Waals surface area contributed by atoms with Crippen molar-refractivity contribution >= 4 is 11.9 Å². The topological polar surface area (TPSA) is 63.7 Å². The van der Waals surface area contributed by atoms with Gasteiger partial charge in [0.05, 0.1) is 19.3 Å². The van der Waals surface area contributed by atoms with Crippen LogP contribution in [0.4, 0.5) is 0 Å². The van der Waals surface area contributed by atoms with Gasteiger partial charge in [0.15, 0.2) is 5.96 Å². The zero-order valence-corrected chi connectivity index (χ0v) is 19.2. The molecule has 1 amide bonds. The van der Waals surface area contributed by atoms with Crippen LogP contribution >= 0.6 is 0 Å². The van der Waals surface area contributed by atoms with Crippen molar-refractivity contribution in [2.24, 2.45) is 4.99 Å². The van der Waals surface area contributed by atoms with Gasteiger partial charge in [0, 0.05) is 65.4 Å². The highest BCUT2D eigenvalue weighted by Gasteiger charge is 2.30. The van der Waals surface area contributed by atoms with Gasteiger partial charge in [-0.2, -0.15) is 0 Å². The van der Waals surface area contributed by atoms with Crippen molar-refractivity contribution in [2.45, 2.75) is 45.6 Å². The van der Waals surface area contributed by atoms with Crippen LogP contribution in [0.25, 0.3) is 0 Å². The minimum absolute atomic E-state index is 0.00930. The van der Waals surface area contributed by atoms with Gasteiger partial charge in [-0.3, -0.25) is 19.6 Å². The van der Waals surface area contributed by atoms with E-state index in [1.165, 1.54) is 6.42 Å². The Morgan fingerprint density at radius 1 is 0.967 bits per heavy atom. The lowest BCUT2D eigenvalue weighted by molar-refractivity contribution is -0.135. The molecule has 0 aromatic rings. The largest absolute Gasteiger partial charge is 0.379 e. The van der Waals surface area contributed by atoms with Crippen molar-refractivity contribution in [1.82, 2.24) is 24.9 Å². The van der Waals surface area contributed by atoms with E-state index in [-0.39, 0.29) is 6.04 Å². The summed E-state index contributed by atoms with van der Waals surface area (Å²) in [4.78, 5) is 26.8. The van der Waals surface area contributed by atoms with Crippen molar-refractivity contribution < 1.29 is 9.53 Å². The first kappa shape index (κ1) is 23.3. The van der Waals surface area contributed by atoms with E-state index in [9.17, 15) is 4.79 Å². The van der Waals surface area contributed by atoms with Gasteiger partial charge in [0.1, 0.15) is 0 Å². The Kier molecular flexibility index (Phi) is 9.68. The molecule has 3 aliphatic heterocycles. The third-order valence-corrected chi connectivity index (χ3v) is 6.52. The maximum Gasteiger partial charge on any atom is 0.239 e. The predicted molar refractivity (Wildman–Crippen MR) is 121 cm³/mol. The number of carbonyl (C=O) groups excluding carboxylic acids is 1. The second-order valence-corrected chi connectivity index (χ2v) is 8.63. The number of likely N-dealkylation sites (tertiary alicyclic amines) is 1. The summed E-state index contributed by atoms with van der Waals surface area (Å²) >= 11 is 0. The highest BCUT2D eigenvalue weighted by atomic mass is 16.5. The molecule has 30 heavy (non-hydrogen) atoms. The Morgan fingerprint density at radius 3 is 2.33 bits per heavy atom. The van der Waals surface area contributed by atoms with Gasteiger partial charge >= 0.3 is 0 Å². The smallest absolute Gasteiger partial charge is 0.239 e. The fraction of sp³-hybridized carbons (Fsp3) is 0.909. The summed E-state index contributed by atoms with van der Waals surface area (Å²) in [5.41, 5.74) is 0. The van der Waals surface area contributed by atoms with Crippen molar-refractivity contribution in [1.29, 1.82) is 0 Å². The molecule has 0 bridgehead atoms. The Balaban J connectivity index is 1.39. The minimum Gasteiger partial charge on any atom is -0.379 e. The first-order valence-corrected chi connectivity index (χ1v) is 12.0. The zero-order valence-electron chi connectivity index (χ0n) is 19.2. The molecular weight excluding hydrogens is 380 g/mol. The molecule has 1 atom stereocenters. The van der Waals surface area contributed by atoms with E-state index < -0.39 is 0 Å². The normalized spacial score (nSPS) is 23.1. The van der Waals surface area contributed by atoms with Crippen LogP contribution in [-0.4, -0.2) is 123 Å². The predicted octanol–water partition coefficient (Wildman–Crippen LogP) is 0.693. The van der Waals surface area contributed by atoms with Gasteiger partial charge in [-0.05, 0) is 46.1 Å². The minimum atomic E-state index is -0.00930. The first-order valence-electron chi connectivity index (χ1n) is 12.0. The van der Waals surface area contributed by atoms with Crippen LogP contribution in [0, 0.1) is 0 Å². The number of amides is 1. The van der Waals surface area contributed by atoms with Gasteiger partial charge in [-0.25, -0.2) is 0 Å². The van der Waals surface area contributed by atoms with Gasteiger partial charge in [0.25, 0.3) is 0 Å². The van der Waals surface area contributed by atoms with E-state index in [2.05, 4.69) is 33.9 Å². The number of morpholine rings is 1. The Labute approximate surface area is 182 Å². The second kappa shape index (κ2) is 12.5. The molecule has 3 rings (SSSR count). The molecule has 0 aromatic carbocycles. The van der Waals surface area contributed by atoms with E-state index >= 15 is 0 Å². The molecule has 0 saturated carbocycles. The highest BCUT2D eigenvalue weighted by molar-refractivity contribution is 5.82. The average Bonchev–Trinajstić information content (AvgIpc) is 3.33. The number of hydrogen-bond acceptors (Lipinski definition) is 5. The summed E-state index contributed by atoms with van der Waals surface area (Å²) in [5.74, 6) is 1.34. The van der Waals surface area contributed by atoms with E-state index in [4.69, 9.17) is 9.73 Å².